The first-order valence-corrected chi connectivity index (χ1v) is 18.2. The van der Waals surface area contributed by atoms with E-state index in [1.54, 1.807) is 13.8 Å². The zero-order valence-corrected chi connectivity index (χ0v) is 29.9. The van der Waals surface area contributed by atoms with E-state index in [9.17, 15) is 14.7 Å². The van der Waals surface area contributed by atoms with Crippen LogP contribution in [0.5, 0.6) is 0 Å². The van der Waals surface area contributed by atoms with Gasteiger partial charge in [-0.1, -0.05) is 46.8 Å². The molecule has 1 aromatic heterocycles. The molecule has 0 amide bonds. The zero-order chi connectivity index (χ0) is 33.5. The minimum absolute atomic E-state index is 0.0968. The third kappa shape index (κ3) is 4.92. The number of carboxylic acids is 1. The molecule has 5 aliphatic carbocycles. The minimum atomic E-state index is -1.13. The number of nitrogens with zero attached hydrogens (tertiary/aromatic N) is 3. The van der Waals surface area contributed by atoms with Crippen LogP contribution in [-0.2, 0) is 20.7 Å². The van der Waals surface area contributed by atoms with E-state index in [1.807, 2.05) is 0 Å². The van der Waals surface area contributed by atoms with Crippen LogP contribution in [0.25, 0.3) is 0 Å². The fraction of sp³-hybridized carbons (Fsp3) is 0.868. The third-order valence-electron chi connectivity index (χ3n) is 15.9. The molecule has 5 fully saturated rings. The average Bonchev–Trinajstić information content (AvgIpc) is 3.62. The number of esters is 1. The molecule has 0 aliphatic heterocycles. The highest BCUT2D eigenvalue weighted by atomic mass is 16.5. The van der Waals surface area contributed by atoms with Gasteiger partial charge in [0.25, 0.3) is 0 Å². The van der Waals surface area contributed by atoms with Crippen LogP contribution in [-0.4, -0.2) is 43.8 Å². The predicted molar refractivity (Wildman–Crippen MR) is 177 cm³/mol. The molecule has 256 valence electrons. The zero-order valence-electron chi connectivity index (χ0n) is 29.9. The Morgan fingerprint density at radius 1 is 0.957 bits per heavy atom. The highest BCUT2D eigenvalue weighted by molar-refractivity contribution is 5.81. The summed E-state index contributed by atoms with van der Waals surface area (Å²) >= 11 is 0. The number of carbonyl (C=O) groups excluding carboxylic acids is 1. The van der Waals surface area contributed by atoms with Crippen molar-refractivity contribution < 1.29 is 19.4 Å². The minimum Gasteiger partial charge on any atom is -0.481 e. The molecule has 0 bridgehead atoms. The Morgan fingerprint density at radius 2 is 1.70 bits per heavy atom. The lowest BCUT2D eigenvalue weighted by Crippen LogP contribution is -2.66. The second kappa shape index (κ2) is 11.1. The first kappa shape index (κ1) is 33.6. The number of hydrogen-bond donors (Lipinski definition) is 2. The van der Waals surface area contributed by atoms with Gasteiger partial charge in [0.1, 0.15) is 11.9 Å². The van der Waals surface area contributed by atoms with Crippen LogP contribution < -0.4 is 0 Å². The number of rotatable bonds is 8. The van der Waals surface area contributed by atoms with Gasteiger partial charge in [0.15, 0.2) is 0 Å². The number of carboxylic acid groups (broad SMARTS) is 1. The summed E-state index contributed by atoms with van der Waals surface area (Å²) in [6.07, 6.45) is 13.8. The van der Waals surface area contributed by atoms with Gasteiger partial charge >= 0.3 is 11.9 Å². The van der Waals surface area contributed by atoms with E-state index in [0.717, 1.165) is 37.9 Å². The monoisotopic (exact) mass is 636 g/mol. The number of aryl methyl sites for hydroxylation is 1. The number of nitrogens with one attached hydrogen (secondary N) is 1. The fourth-order valence-corrected chi connectivity index (χ4v) is 13.2. The molecule has 0 saturated heterocycles. The second-order valence-electron chi connectivity index (χ2n) is 18.6. The summed E-state index contributed by atoms with van der Waals surface area (Å²) in [5.74, 6) is 2.64. The molecule has 2 N–H and O–H groups in total. The van der Waals surface area contributed by atoms with Crippen LogP contribution in [0.1, 0.15) is 138 Å². The smallest absolute Gasteiger partial charge is 0.309 e. The molecule has 10 atom stereocenters. The Bertz CT molecular complexity index is 1360. The van der Waals surface area contributed by atoms with E-state index in [4.69, 9.17) is 4.74 Å². The highest BCUT2D eigenvalue weighted by Crippen LogP contribution is 2.78. The van der Waals surface area contributed by atoms with Crippen molar-refractivity contribution in [1.29, 1.82) is 0 Å². The quantitative estimate of drug-likeness (QED) is 0.218. The second-order valence-corrected chi connectivity index (χ2v) is 18.6. The van der Waals surface area contributed by atoms with E-state index >= 15 is 0 Å². The van der Waals surface area contributed by atoms with Crippen LogP contribution in [0.3, 0.4) is 0 Å². The molecular weight excluding hydrogens is 576 g/mol. The summed E-state index contributed by atoms with van der Waals surface area (Å²) < 4.78 is 6.17. The van der Waals surface area contributed by atoms with Crippen molar-refractivity contribution >= 4 is 11.9 Å². The van der Waals surface area contributed by atoms with Gasteiger partial charge in [-0.25, -0.2) is 5.10 Å². The number of ether oxygens (including phenoxy) is 1. The molecule has 8 nitrogen and oxygen atoms in total. The van der Waals surface area contributed by atoms with Gasteiger partial charge in [-0.05, 0) is 153 Å². The summed E-state index contributed by atoms with van der Waals surface area (Å²) in [4.78, 5) is 24.7. The van der Waals surface area contributed by atoms with Crippen molar-refractivity contribution in [3.8, 4) is 0 Å². The number of fused-ring (bicyclic) bond motifs is 7. The molecule has 5 saturated carbocycles. The van der Waals surface area contributed by atoms with Crippen molar-refractivity contribution in [2.24, 2.45) is 62.1 Å². The number of carbonyl (C=O) groups is 2. The highest BCUT2D eigenvalue weighted by Gasteiger charge is 2.71. The van der Waals surface area contributed by atoms with E-state index in [0.29, 0.717) is 35.0 Å². The van der Waals surface area contributed by atoms with E-state index < -0.39 is 11.4 Å². The lowest BCUT2D eigenvalue weighted by atomic mass is 9.32. The number of hydrogen-bond acceptors (Lipinski definition) is 6. The normalized spacial score (nSPS) is 43.0. The van der Waals surface area contributed by atoms with Crippen molar-refractivity contribution in [3.63, 3.8) is 0 Å². The van der Waals surface area contributed by atoms with Gasteiger partial charge in [0.05, 0.1) is 11.8 Å². The molecule has 1 aromatic rings. The third-order valence-corrected chi connectivity index (χ3v) is 15.9. The maximum absolute atomic E-state index is 13.0. The molecule has 0 radical (unpaired) electrons. The molecule has 0 unspecified atom stereocenters. The summed E-state index contributed by atoms with van der Waals surface area (Å²) in [6, 6.07) is 0. The first-order valence-electron chi connectivity index (χ1n) is 18.2. The van der Waals surface area contributed by atoms with Crippen molar-refractivity contribution in [1.82, 2.24) is 20.6 Å². The molecule has 0 aromatic carbocycles. The molecule has 5 aliphatic rings. The van der Waals surface area contributed by atoms with Crippen LogP contribution in [0.15, 0.2) is 12.2 Å². The van der Waals surface area contributed by atoms with Gasteiger partial charge in [-0.2, -0.15) is 0 Å². The predicted octanol–water partition coefficient (Wildman–Crippen LogP) is 8.20. The maximum atomic E-state index is 13.0. The number of aliphatic carboxylic acids is 1. The van der Waals surface area contributed by atoms with Crippen LogP contribution in [0, 0.1) is 62.1 Å². The van der Waals surface area contributed by atoms with Gasteiger partial charge in [0.2, 0.25) is 0 Å². The summed E-state index contributed by atoms with van der Waals surface area (Å²) in [5.41, 5.74) is 1.15. The molecular formula is C38H60N4O4. The van der Waals surface area contributed by atoms with Gasteiger partial charge in [-0.3, -0.25) is 9.59 Å². The van der Waals surface area contributed by atoms with E-state index in [-0.39, 0.29) is 40.2 Å². The molecule has 8 heteroatoms. The molecule has 1 heterocycles. The Kier molecular flexibility index (Phi) is 8.15. The lowest BCUT2D eigenvalue weighted by molar-refractivity contribution is -0.250. The lowest BCUT2D eigenvalue weighted by Gasteiger charge is -2.73. The first-order chi connectivity index (χ1) is 21.4. The maximum Gasteiger partial charge on any atom is 0.309 e. The number of aromatic amines is 1. The Labute approximate surface area is 276 Å². The number of tetrazole rings is 1. The fourth-order valence-electron chi connectivity index (χ4n) is 13.2. The topological polar surface area (TPSA) is 118 Å². The summed E-state index contributed by atoms with van der Waals surface area (Å²) in [5, 5.41) is 24.5. The summed E-state index contributed by atoms with van der Waals surface area (Å²) in [7, 11) is 0. The van der Waals surface area contributed by atoms with Gasteiger partial charge in [0, 0.05) is 11.8 Å². The number of allylic oxidation sites excluding steroid dienone is 1. The largest absolute Gasteiger partial charge is 0.481 e. The van der Waals surface area contributed by atoms with Crippen molar-refractivity contribution in [3.05, 3.63) is 18.0 Å². The Hall–Kier alpha value is -2.25. The standard InChI is InChI=1S/C38H60N4O4/c1-23(2)24-12-18-38(19-15-29-39-41-42-40-29)21-20-36(8)25(31(24)38)10-11-27-35(7)16-14-28(46-30(43)22-33(3,4)32(44)45)34(5,6)26(35)13-17-37(27,36)9/h24-28,31H,1,10-22H2,2-9H3,(H,44,45)(H,39,40,41,42)/t24-,25+,26-,27+,28-,31+,35-,36+,37+,38-/m0/s1. The van der Waals surface area contributed by atoms with Crippen molar-refractivity contribution in [2.45, 2.75) is 145 Å². The van der Waals surface area contributed by atoms with E-state index in [2.05, 4.69) is 68.7 Å². The molecule has 6 rings (SSSR count). The van der Waals surface area contributed by atoms with E-state index in [1.165, 1.54) is 50.5 Å². The Balaban J connectivity index is 1.25. The summed E-state index contributed by atoms with van der Waals surface area (Å²) in [6.45, 7) is 22.6. The Morgan fingerprint density at radius 3 is 2.35 bits per heavy atom. The van der Waals surface area contributed by atoms with Crippen LogP contribution in [0.4, 0.5) is 0 Å². The van der Waals surface area contributed by atoms with Crippen LogP contribution in [0.2, 0.25) is 0 Å². The number of aromatic nitrogens is 4. The SMILES string of the molecule is C=C(C)[C@@H]1CC[C@]2(CCc3nnn[nH]3)CC[C@]3(C)[C@H](CC[C@@H]4[C@@]5(C)CC[C@H](OC(=O)CC(C)(C)C(=O)O)C(C)(C)[C@@H]5CC[C@]43C)[C@@H]12. The average molecular weight is 637 g/mol. The van der Waals surface area contributed by atoms with Crippen LogP contribution >= 0.6 is 0 Å². The molecule has 0 spiro atoms. The van der Waals surface area contributed by atoms with Gasteiger partial charge in [-0.15, -0.1) is 5.10 Å². The molecule has 46 heavy (non-hydrogen) atoms. The van der Waals surface area contributed by atoms with Gasteiger partial charge < -0.3 is 9.84 Å². The number of H-pyrrole nitrogens is 1. The van der Waals surface area contributed by atoms with Crippen molar-refractivity contribution in [2.75, 3.05) is 0 Å².